The normalized spacial score (nSPS) is 12.5. The first-order chi connectivity index (χ1) is 11.1. The van der Waals surface area contributed by atoms with Crippen LogP contribution < -0.4 is 0 Å². The number of aromatic nitrogens is 4. The van der Waals surface area contributed by atoms with Gasteiger partial charge >= 0.3 is 5.97 Å². The van der Waals surface area contributed by atoms with E-state index in [-0.39, 0.29) is 11.2 Å². The van der Waals surface area contributed by atoms with E-state index in [0.29, 0.717) is 11.8 Å². The average Bonchev–Trinajstić information content (AvgIpc) is 3.12. The summed E-state index contributed by atoms with van der Waals surface area (Å²) in [6.45, 7) is 3.98. The van der Waals surface area contributed by atoms with Crippen molar-refractivity contribution in [1.82, 2.24) is 19.7 Å². The lowest BCUT2D eigenvalue weighted by atomic mass is 10.1. The summed E-state index contributed by atoms with van der Waals surface area (Å²) in [5.74, 6) is 0.523. The molecule has 0 amide bonds. The zero-order valence-electron chi connectivity index (χ0n) is 13.2. The highest BCUT2D eigenvalue weighted by Gasteiger charge is 2.21. The molecule has 0 spiro atoms. The van der Waals surface area contributed by atoms with Crippen molar-refractivity contribution in [2.75, 3.05) is 6.61 Å². The van der Waals surface area contributed by atoms with Gasteiger partial charge in [-0.25, -0.2) is 0 Å². The van der Waals surface area contributed by atoms with Crippen LogP contribution in [0.3, 0.4) is 0 Å². The highest BCUT2D eigenvalue weighted by molar-refractivity contribution is 8.00. The van der Waals surface area contributed by atoms with Gasteiger partial charge in [0.2, 0.25) is 0 Å². The van der Waals surface area contributed by atoms with E-state index in [1.807, 2.05) is 49.0 Å². The van der Waals surface area contributed by atoms with Crippen LogP contribution in [-0.4, -0.2) is 37.6 Å². The number of fused-ring (bicyclic) bond motifs is 1. The van der Waals surface area contributed by atoms with Crippen LogP contribution in [0.25, 0.3) is 22.3 Å². The average molecular weight is 330 g/mol. The first-order valence-electron chi connectivity index (χ1n) is 7.41. The van der Waals surface area contributed by atoms with Crippen LogP contribution in [0.2, 0.25) is 0 Å². The molecule has 0 saturated heterocycles. The number of para-hydroxylation sites is 1. The molecule has 2 aromatic heterocycles. The molecule has 1 N–H and O–H groups in total. The number of nitrogens with zero attached hydrogens (tertiary/aromatic N) is 3. The minimum atomic E-state index is -0.325. The van der Waals surface area contributed by atoms with Gasteiger partial charge in [0.1, 0.15) is 5.25 Å². The van der Waals surface area contributed by atoms with Gasteiger partial charge in [-0.05, 0) is 19.9 Å². The predicted octanol–water partition coefficient (Wildman–Crippen LogP) is 3.01. The van der Waals surface area contributed by atoms with Gasteiger partial charge in [-0.2, -0.15) is 0 Å². The third kappa shape index (κ3) is 2.96. The molecule has 1 aromatic carbocycles. The van der Waals surface area contributed by atoms with Gasteiger partial charge in [0, 0.05) is 29.7 Å². The molecular formula is C16H18N4O2S. The maximum absolute atomic E-state index is 11.8. The van der Waals surface area contributed by atoms with E-state index >= 15 is 0 Å². The number of carbonyl (C=O) groups is 1. The van der Waals surface area contributed by atoms with Gasteiger partial charge in [0.25, 0.3) is 0 Å². The summed E-state index contributed by atoms with van der Waals surface area (Å²) in [5.41, 5.74) is 2.05. The third-order valence-electron chi connectivity index (χ3n) is 3.57. The number of aromatic amines is 1. The summed E-state index contributed by atoms with van der Waals surface area (Å²) in [6.07, 6.45) is 1.93. The van der Waals surface area contributed by atoms with Gasteiger partial charge < -0.3 is 14.3 Å². The monoisotopic (exact) mass is 330 g/mol. The molecule has 0 radical (unpaired) electrons. The molecule has 3 aromatic rings. The third-order valence-corrected chi connectivity index (χ3v) is 4.68. The first-order valence-corrected chi connectivity index (χ1v) is 8.29. The van der Waals surface area contributed by atoms with Gasteiger partial charge in [-0.15, -0.1) is 10.2 Å². The minimum Gasteiger partial charge on any atom is -0.465 e. The summed E-state index contributed by atoms with van der Waals surface area (Å²) in [7, 11) is 1.90. The highest BCUT2D eigenvalue weighted by Crippen LogP contribution is 2.30. The molecule has 0 fully saturated rings. The van der Waals surface area contributed by atoms with E-state index < -0.39 is 0 Å². The van der Waals surface area contributed by atoms with Gasteiger partial charge in [0.15, 0.2) is 11.0 Å². The van der Waals surface area contributed by atoms with E-state index in [4.69, 9.17) is 4.74 Å². The fraction of sp³-hybridized carbons (Fsp3) is 0.312. The Bertz CT molecular complexity index is 840. The van der Waals surface area contributed by atoms with Crippen LogP contribution in [-0.2, 0) is 16.6 Å². The number of hydrogen-bond acceptors (Lipinski definition) is 5. The van der Waals surface area contributed by atoms with E-state index in [1.165, 1.54) is 11.8 Å². The number of rotatable bonds is 5. The lowest BCUT2D eigenvalue weighted by molar-refractivity contribution is -0.142. The molecule has 23 heavy (non-hydrogen) atoms. The molecular weight excluding hydrogens is 312 g/mol. The molecule has 120 valence electrons. The smallest absolute Gasteiger partial charge is 0.319 e. The molecule has 0 aliphatic heterocycles. The Morgan fingerprint density at radius 1 is 1.39 bits per heavy atom. The van der Waals surface area contributed by atoms with E-state index in [0.717, 1.165) is 22.3 Å². The van der Waals surface area contributed by atoms with Crippen molar-refractivity contribution < 1.29 is 9.53 Å². The summed E-state index contributed by atoms with van der Waals surface area (Å²) in [5, 5.41) is 9.96. The Kier molecular flexibility index (Phi) is 4.38. The molecule has 1 atom stereocenters. The van der Waals surface area contributed by atoms with Crippen LogP contribution >= 0.6 is 11.8 Å². The number of ether oxygens (including phenoxy) is 1. The number of benzene rings is 1. The van der Waals surface area contributed by atoms with Gasteiger partial charge in [-0.3, -0.25) is 4.79 Å². The number of carbonyl (C=O) groups excluding carboxylic acids is 1. The highest BCUT2D eigenvalue weighted by atomic mass is 32.2. The van der Waals surface area contributed by atoms with Crippen LogP contribution in [0.5, 0.6) is 0 Å². The van der Waals surface area contributed by atoms with Crippen LogP contribution in [0.1, 0.15) is 13.8 Å². The second kappa shape index (κ2) is 6.45. The molecule has 0 bridgehead atoms. The Hall–Kier alpha value is -2.28. The molecule has 3 rings (SSSR count). The molecule has 6 nitrogen and oxygen atoms in total. The second-order valence-corrected chi connectivity index (χ2v) is 6.43. The van der Waals surface area contributed by atoms with Gasteiger partial charge in [0.05, 0.1) is 6.61 Å². The Balaban J connectivity index is 1.89. The Morgan fingerprint density at radius 3 is 2.96 bits per heavy atom. The van der Waals surface area contributed by atoms with Crippen molar-refractivity contribution in [2.45, 2.75) is 24.3 Å². The number of H-pyrrole nitrogens is 1. The zero-order valence-corrected chi connectivity index (χ0v) is 14.1. The van der Waals surface area contributed by atoms with E-state index in [1.54, 1.807) is 6.92 Å². The summed E-state index contributed by atoms with van der Waals surface area (Å²) >= 11 is 1.35. The van der Waals surface area contributed by atoms with Crippen LogP contribution in [0.4, 0.5) is 0 Å². The summed E-state index contributed by atoms with van der Waals surface area (Å²) in [6, 6.07) is 8.05. The standard InChI is InChI=1S/C16H18N4O2S/c1-4-22-15(21)10(2)23-16-19-18-14(20(16)3)12-9-17-13-8-6-5-7-11(12)13/h5-10,17H,4H2,1-3H3/t10-/m0/s1. The first kappa shape index (κ1) is 15.6. The fourth-order valence-electron chi connectivity index (χ4n) is 2.37. The maximum atomic E-state index is 11.8. The maximum Gasteiger partial charge on any atom is 0.319 e. The number of esters is 1. The van der Waals surface area contributed by atoms with Crippen molar-refractivity contribution >= 4 is 28.6 Å². The quantitative estimate of drug-likeness (QED) is 0.575. The van der Waals surface area contributed by atoms with Crippen molar-refractivity contribution in [3.8, 4) is 11.4 Å². The van der Waals surface area contributed by atoms with Crippen molar-refractivity contribution in [1.29, 1.82) is 0 Å². The summed E-state index contributed by atoms with van der Waals surface area (Å²) < 4.78 is 6.93. The second-order valence-electron chi connectivity index (χ2n) is 5.13. The van der Waals surface area contributed by atoms with Crippen molar-refractivity contribution in [3.63, 3.8) is 0 Å². The molecule has 0 aliphatic rings. The largest absolute Gasteiger partial charge is 0.465 e. The van der Waals surface area contributed by atoms with Crippen LogP contribution in [0, 0.1) is 0 Å². The lowest BCUT2D eigenvalue weighted by Gasteiger charge is -2.09. The predicted molar refractivity (Wildman–Crippen MR) is 90.2 cm³/mol. The van der Waals surface area contributed by atoms with Crippen molar-refractivity contribution in [3.05, 3.63) is 30.5 Å². The van der Waals surface area contributed by atoms with Gasteiger partial charge in [-0.1, -0.05) is 30.0 Å². The molecule has 0 unspecified atom stereocenters. The Labute approximate surface area is 138 Å². The molecule has 0 saturated carbocycles. The van der Waals surface area contributed by atoms with Crippen molar-refractivity contribution in [2.24, 2.45) is 7.05 Å². The van der Waals surface area contributed by atoms with E-state index in [9.17, 15) is 4.79 Å². The number of nitrogens with one attached hydrogen (secondary N) is 1. The Morgan fingerprint density at radius 2 is 2.17 bits per heavy atom. The van der Waals surface area contributed by atoms with E-state index in [2.05, 4.69) is 15.2 Å². The summed E-state index contributed by atoms with van der Waals surface area (Å²) in [4.78, 5) is 15.0. The fourth-order valence-corrected chi connectivity index (χ4v) is 3.19. The number of hydrogen-bond donors (Lipinski definition) is 1. The topological polar surface area (TPSA) is 72.8 Å². The minimum absolute atomic E-state index is 0.242. The lowest BCUT2D eigenvalue weighted by Crippen LogP contribution is -2.17. The zero-order chi connectivity index (χ0) is 16.4. The molecule has 0 aliphatic carbocycles. The SMILES string of the molecule is CCOC(=O)[C@H](C)Sc1nnc(-c2c[nH]c3ccccc23)n1C. The molecule has 2 heterocycles. The van der Waals surface area contributed by atoms with Crippen LogP contribution in [0.15, 0.2) is 35.6 Å². The molecule has 7 heteroatoms. The number of thioether (sulfide) groups is 1.